The van der Waals surface area contributed by atoms with Gasteiger partial charge in [-0.15, -0.1) is 0 Å². The molecule has 1 heterocycles. The molecule has 0 spiro atoms. The van der Waals surface area contributed by atoms with Crippen molar-refractivity contribution in [3.8, 4) is 5.75 Å². The van der Waals surface area contributed by atoms with Crippen LogP contribution in [0, 0.1) is 5.82 Å². The third-order valence-corrected chi connectivity index (χ3v) is 2.50. The van der Waals surface area contributed by atoms with Crippen molar-refractivity contribution in [2.45, 2.75) is 13.5 Å². The second kappa shape index (κ2) is 5.44. The lowest BCUT2D eigenvalue weighted by Crippen LogP contribution is -2.07. The monoisotopic (exact) mass is 248 g/mol. The number of ketones is 1. The van der Waals surface area contributed by atoms with Gasteiger partial charge in [0.1, 0.15) is 6.61 Å². The molecule has 0 unspecified atom stereocenters. The molecule has 0 aliphatic rings. The highest BCUT2D eigenvalue weighted by Crippen LogP contribution is 2.18. The van der Waals surface area contributed by atoms with E-state index in [0.29, 0.717) is 18.7 Å². The lowest BCUT2D eigenvalue weighted by Gasteiger charge is -2.08. The van der Waals surface area contributed by atoms with Crippen LogP contribution in [0.25, 0.3) is 0 Å². The standard InChI is InChI=1S/C13H13FN2O2/c1-10(17)11-2-3-13(12(14)8-11)18-7-6-16-5-4-15-9-16/h2-5,8-9H,6-7H2,1H3. The molecule has 5 heteroatoms. The van der Waals surface area contributed by atoms with Crippen LogP contribution in [0.3, 0.4) is 0 Å². The zero-order valence-electron chi connectivity index (χ0n) is 9.97. The summed E-state index contributed by atoms with van der Waals surface area (Å²) in [4.78, 5) is 15.0. The Hall–Kier alpha value is -2.17. The maximum atomic E-state index is 13.6. The van der Waals surface area contributed by atoms with Crippen LogP contribution in [0.15, 0.2) is 36.9 Å². The molecule has 0 saturated carbocycles. The first kappa shape index (κ1) is 12.3. The average molecular weight is 248 g/mol. The Balaban J connectivity index is 1.95. The number of halogens is 1. The van der Waals surface area contributed by atoms with Gasteiger partial charge in [-0.1, -0.05) is 0 Å². The van der Waals surface area contributed by atoms with Crippen LogP contribution in [-0.4, -0.2) is 21.9 Å². The van der Waals surface area contributed by atoms with Crippen LogP contribution in [-0.2, 0) is 6.54 Å². The Morgan fingerprint density at radius 1 is 1.50 bits per heavy atom. The van der Waals surface area contributed by atoms with E-state index in [1.54, 1.807) is 24.8 Å². The molecule has 0 aliphatic heterocycles. The summed E-state index contributed by atoms with van der Waals surface area (Å²) in [5.41, 5.74) is 0.342. The number of benzene rings is 1. The average Bonchev–Trinajstić information content (AvgIpc) is 2.84. The fraction of sp³-hybridized carbons (Fsp3) is 0.231. The van der Waals surface area contributed by atoms with Gasteiger partial charge in [0.25, 0.3) is 0 Å². The van der Waals surface area contributed by atoms with Crippen molar-refractivity contribution in [3.05, 3.63) is 48.3 Å². The summed E-state index contributed by atoms with van der Waals surface area (Å²) in [7, 11) is 0. The predicted octanol–water partition coefficient (Wildman–Crippen LogP) is 2.30. The second-order valence-corrected chi connectivity index (χ2v) is 3.85. The molecule has 0 N–H and O–H groups in total. The Morgan fingerprint density at radius 3 is 2.94 bits per heavy atom. The fourth-order valence-corrected chi connectivity index (χ4v) is 1.52. The fourth-order valence-electron chi connectivity index (χ4n) is 1.52. The largest absolute Gasteiger partial charge is 0.489 e. The zero-order valence-corrected chi connectivity index (χ0v) is 9.97. The summed E-state index contributed by atoms with van der Waals surface area (Å²) >= 11 is 0. The lowest BCUT2D eigenvalue weighted by molar-refractivity contribution is 0.101. The number of ether oxygens (including phenoxy) is 1. The number of nitrogens with zero attached hydrogens (tertiary/aromatic N) is 2. The predicted molar refractivity (Wildman–Crippen MR) is 64.1 cm³/mol. The van der Waals surface area contributed by atoms with Crippen LogP contribution in [0.2, 0.25) is 0 Å². The first-order valence-electron chi connectivity index (χ1n) is 5.56. The van der Waals surface area contributed by atoms with Crippen molar-refractivity contribution in [2.24, 2.45) is 0 Å². The van der Waals surface area contributed by atoms with E-state index < -0.39 is 5.82 Å². The van der Waals surface area contributed by atoms with Crippen molar-refractivity contribution in [2.75, 3.05) is 6.61 Å². The molecule has 0 amide bonds. The minimum atomic E-state index is -0.520. The van der Waals surface area contributed by atoms with E-state index in [1.165, 1.54) is 19.1 Å². The van der Waals surface area contributed by atoms with Crippen LogP contribution in [0.5, 0.6) is 5.75 Å². The first-order chi connectivity index (χ1) is 8.66. The van der Waals surface area contributed by atoms with E-state index in [9.17, 15) is 9.18 Å². The van der Waals surface area contributed by atoms with E-state index in [1.807, 2.05) is 4.57 Å². The number of carbonyl (C=O) groups excluding carboxylic acids is 1. The van der Waals surface area contributed by atoms with Gasteiger partial charge in [-0.3, -0.25) is 4.79 Å². The SMILES string of the molecule is CC(=O)c1ccc(OCCn2ccnc2)c(F)c1. The number of aromatic nitrogens is 2. The molecule has 2 aromatic rings. The summed E-state index contributed by atoms with van der Waals surface area (Å²) in [5.74, 6) is -0.535. The molecule has 0 atom stereocenters. The van der Waals surface area contributed by atoms with Gasteiger partial charge in [-0.2, -0.15) is 0 Å². The van der Waals surface area contributed by atoms with Gasteiger partial charge in [0, 0.05) is 18.0 Å². The molecule has 0 fully saturated rings. The topological polar surface area (TPSA) is 44.1 Å². The Morgan fingerprint density at radius 2 is 2.33 bits per heavy atom. The van der Waals surface area contributed by atoms with Gasteiger partial charge >= 0.3 is 0 Å². The maximum Gasteiger partial charge on any atom is 0.165 e. The summed E-state index contributed by atoms with van der Waals surface area (Å²) in [6.45, 7) is 2.33. The molecule has 0 aliphatic carbocycles. The maximum absolute atomic E-state index is 13.6. The normalized spacial score (nSPS) is 10.3. The van der Waals surface area contributed by atoms with E-state index in [0.717, 1.165) is 0 Å². The molecule has 4 nitrogen and oxygen atoms in total. The Kier molecular flexibility index (Phi) is 3.72. The molecule has 94 valence electrons. The lowest BCUT2D eigenvalue weighted by atomic mass is 10.1. The highest BCUT2D eigenvalue weighted by molar-refractivity contribution is 5.94. The molecule has 1 aromatic heterocycles. The summed E-state index contributed by atoms with van der Waals surface area (Å²) < 4.78 is 20.7. The molecule has 2 rings (SSSR count). The number of hydrogen-bond acceptors (Lipinski definition) is 3. The molecule has 18 heavy (non-hydrogen) atoms. The van der Waals surface area contributed by atoms with Crippen molar-refractivity contribution < 1.29 is 13.9 Å². The number of hydrogen-bond donors (Lipinski definition) is 0. The third kappa shape index (κ3) is 2.94. The van der Waals surface area contributed by atoms with Crippen LogP contribution >= 0.6 is 0 Å². The van der Waals surface area contributed by atoms with Crippen LogP contribution in [0.1, 0.15) is 17.3 Å². The van der Waals surface area contributed by atoms with Gasteiger partial charge in [-0.25, -0.2) is 9.37 Å². The van der Waals surface area contributed by atoms with Gasteiger partial charge in [-0.05, 0) is 25.1 Å². The number of Topliss-reactive ketones (excluding diaryl/α,β-unsaturated/α-hetero) is 1. The van der Waals surface area contributed by atoms with Crippen molar-refractivity contribution >= 4 is 5.78 Å². The first-order valence-corrected chi connectivity index (χ1v) is 5.56. The van der Waals surface area contributed by atoms with E-state index in [-0.39, 0.29) is 11.5 Å². The van der Waals surface area contributed by atoms with E-state index in [2.05, 4.69) is 4.98 Å². The van der Waals surface area contributed by atoms with Crippen molar-refractivity contribution in [1.29, 1.82) is 0 Å². The minimum absolute atomic E-state index is 0.153. The number of rotatable bonds is 5. The van der Waals surface area contributed by atoms with Crippen molar-refractivity contribution in [3.63, 3.8) is 0 Å². The third-order valence-electron chi connectivity index (χ3n) is 2.50. The summed E-state index contributed by atoms with van der Waals surface area (Å²) in [6, 6.07) is 4.22. The zero-order chi connectivity index (χ0) is 13.0. The molecule has 0 bridgehead atoms. The number of imidazole rings is 1. The van der Waals surface area contributed by atoms with E-state index in [4.69, 9.17) is 4.74 Å². The van der Waals surface area contributed by atoms with Gasteiger partial charge in [0.2, 0.25) is 0 Å². The number of carbonyl (C=O) groups is 1. The van der Waals surface area contributed by atoms with Crippen LogP contribution in [0.4, 0.5) is 4.39 Å². The highest BCUT2D eigenvalue weighted by Gasteiger charge is 2.07. The molecular formula is C13H13FN2O2. The molecule has 0 saturated heterocycles. The second-order valence-electron chi connectivity index (χ2n) is 3.85. The summed E-state index contributed by atoms with van der Waals surface area (Å²) in [5, 5.41) is 0. The van der Waals surface area contributed by atoms with Crippen molar-refractivity contribution in [1.82, 2.24) is 9.55 Å². The summed E-state index contributed by atoms with van der Waals surface area (Å²) in [6.07, 6.45) is 5.14. The molecule has 0 radical (unpaired) electrons. The van der Waals surface area contributed by atoms with Gasteiger partial charge in [0.05, 0.1) is 12.9 Å². The Bertz CT molecular complexity index is 538. The minimum Gasteiger partial charge on any atom is -0.489 e. The van der Waals surface area contributed by atoms with Gasteiger partial charge < -0.3 is 9.30 Å². The van der Waals surface area contributed by atoms with Gasteiger partial charge in [0.15, 0.2) is 17.3 Å². The van der Waals surface area contributed by atoms with E-state index >= 15 is 0 Å². The van der Waals surface area contributed by atoms with Crippen LogP contribution < -0.4 is 4.74 Å². The Labute approximate surface area is 104 Å². The highest BCUT2D eigenvalue weighted by atomic mass is 19.1. The quantitative estimate of drug-likeness (QED) is 0.763. The molecule has 1 aromatic carbocycles. The molecular weight excluding hydrogens is 235 g/mol. The smallest absolute Gasteiger partial charge is 0.165 e.